The van der Waals surface area contributed by atoms with Crippen LogP contribution in [0.4, 0.5) is 5.69 Å². The quantitative estimate of drug-likeness (QED) is 0.231. The first kappa shape index (κ1) is 23.1. The summed E-state index contributed by atoms with van der Waals surface area (Å²) in [5.74, 6) is 0.887. The Labute approximate surface area is 236 Å². The van der Waals surface area contributed by atoms with Crippen LogP contribution in [0.25, 0.3) is 50.1 Å². The Morgan fingerprint density at radius 1 is 0.800 bits per heavy atom. The first-order chi connectivity index (χ1) is 19.7. The molecule has 0 saturated carbocycles. The van der Waals surface area contributed by atoms with Gasteiger partial charge in [0.1, 0.15) is 5.84 Å². The lowest BCUT2D eigenvalue weighted by molar-refractivity contribution is 0.932. The van der Waals surface area contributed by atoms with Gasteiger partial charge in [0.05, 0.1) is 16.9 Å². The monoisotopic (exact) mass is 532 g/mol. The molecule has 0 spiro atoms. The van der Waals surface area contributed by atoms with Crippen LogP contribution < -0.4 is 5.32 Å². The summed E-state index contributed by atoms with van der Waals surface area (Å²) in [6.07, 6.45) is 12.6. The minimum atomic E-state index is 0.791. The number of nitrogens with one attached hydrogen (secondary N) is 1. The number of amidine groups is 1. The van der Waals surface area contributed by atoms with Crippen molar-refractivity contribution in [2.24, 2.45) is 4.99 Å². The van der Waals surface area contributed by atoms with Gasteiger partial charge in [0, 0.05) is 40.4 Å². The van der Waals surface area contributed by atoms with E-state index in [1.165, 1.54) is 33.0 Å². The Morgan fingerprint density at radius 3 is 2.58 bits per heavy atom. The minimum Gasteiger partial charge on any atom is -0.379 e. The van der Waals surface area contributed by atoms with Crippen LogP contribution in [-0.4, -0.2) is 21.7 Å². The van der Waals surface area contributed by atoms with E-state index in [1.54, 1.807) is 11.9 Å². The first-order valence-electron chi connectivity index (χ1n) is 13.3. The molecular weight excluding hydrogens is 508 g/mol. The average Bonchev–Trinajstić information content (AvgIpc) is 3.15. The highest BCUT2D eigenvalue weighted by Crippen LogP contribution is 2.40. The molecule has 190 valence electrons. The second kappa shape index (κ2) is 9.11. The van der Waals surface area contributed by atoms with Crippen LogP contribution in [0.2, 0.25) is 0 Å². The number of hydrogen-bond donors (Lipinski definition) is 1. The number of nitrogens with zero attached hydrogens (tertiary/aromatic N) is 3. The Kier molecular flexibility index (Phi) is 5.25. The highest BCUT2D eigenvalue weighted by atomic mass is 32.2. The molecule has 4 heterocycles. The zero-order chi connectivity index (χ0) is 26.6. The van der Waals surface area contributed by atoms with Gasteiger partial charge in [0.25, 0.3) is 0 Å². The molecule has 4 nitrogen and oxygen atoms in total. The third-order valence-electron chi connectivity index (χ3n) is 7.64. The van der Waals surface area contributed by atoms with Gasteiger partial charge in [-0.25, -0.2) is 4.99 Å². The Morgan fingerprint density at radius 2 is 1.65 bits per heavy atom. The molecule has 3 aliphatic rings. The zero-order valence-electron chi connectivity index (χ0n) is 21.6. The van der Waals surface area contributed by atoms with E-state index in [0.29, 0.717) is 0 Å². The molecule has 0 radical (unpaired) electrons. The van der Waals surface area contributed by atoms with E-state index >= 15 is 0 Å². The lowest BCUT2D eigenvalue weighted by atomic mass is 9.92. The third-order valence-corrected chi connectivity index (χ3v) is 8.68. The summed E-state index contributed by atoms with van der Waals surface area (Å²) in [4.78, 5) is 10.6. The molecule has 1 N–H and O–H groups in total. The van der Waals surface area contributed by atoms with Crippen molar-refractivity contribution < 1.29 is 0 Å². The smallest absolute Gasteiger partial charge is 0.143 e. The standard InChI is InChI=1S/C35H24N4S/c1-22-29-7-2-3-9-32(29)40-39-21-28(14-15-33(39)38-22)25-11-10-24-19-26(13-12-23(24)18-25)31-20-27-6-4-16-36-34(27)35-30(31)8-5-17-37-35/h2-16,18-21,37H,1,17H2. The van der Waals surface area contributed by atoms with Crippen molar-refractivity contribution in [2.45, 2.75) is 4.90 Å². The largest absolute Gasteiger partial charge is 0.379 e. The van der Waals surface area contributed by atoms with Gasteiger partial charge in [-0.3, -0.25) is 9.29 Å². The second-order valence-corrected chi connectivity index (χ2v) is 11.1. The van der Waals surface area contributed by atoms with Crippen LogP contribution >= 0.6 is 11.9 Å². The van der Waals surface area contributed by atoms with Crippen molar-refractivity contribution in [2.75, 3.05) is 11.9 Å². The van der Waals surface area contributed by atoms with Gasteiger partial charge >= 0.3 is 0 Å². The van der Waals surface area contributed by atoms with Crippen LogP contribution in [-0.2, 0) is 0 Å². The summed E-state index contributed by atoms with van der Waals surface area (Å²) >= 11 is 1.68. The number of aromatic nitrogens is 1. The third kappa shape index (κ3) is 3.78. The Bertz CT molecular complexity index is 2010. The molecule has 0 unspecified atom stereocenters. The van der Waals surface area contributed by atoms with Gasteiger partial charge in [0.15, 0.2) is 0 Å². The van der Waals surface area contributed by atoms with Crippen molar-refractivity contribution in [3.63, 3.8) is 0 Å². The number of fused-ring (bicyclic) bond motifs is 6. The number of benzene rings is 4. The number of hydrogen-bond acceptors (Lipinski definition) is 5. The van der Waals surface area contributed by atoms with Crippen molar-refractivity contribution in [3.8, 4) is 11.1 Å². The van der Waals surface area contributed by atoms with Crippen molar-refractivity contribution in [1.29, 1.82) is 0 Å². The van der Waals surface area contributed by atoms with E-state index < -0.39 is 0 Å². The highest BCUT2D eigenvalue weighted by molar-refractivity contribution is 7.97. The fourth-order valence-electron chi connectivity index (χ4n) is 5.65. The number of allylic oxidation sites excluding steroid dienone is 2. The number of aliphatic imine (C=N–C) groups is 1. The number of anilines is 1. The average molecular weight is 533 g/mol. The second-order valence-electron chi connectivity index (χ2n) is 10.1. The van der Waals surface area contributed by atoms with Crippen molar-refractivity contribution >= 4 is 62.5 Å². The van der Waals surface area contributed by atoms with E-state index in [9.17, 15) is 0 Å². The highest BCUT2D eigenvalue weighted by Gasteiger charge is 2.21. The predicted octanol–water partition coefficient (Wildman–Crippen LogP) is 8.80. The molecule has 1 aromatic heterocycles. The lowest BCUT2D eigenvalue weighted by Gasteiger charge is -2.22. The van der Waals surface area contributed by atoms with Gasteiger partial charge in [-0.1, -0.05) is 67.3 Å². The van der Waals surface area contributed by atoms with Gasteiger partial charge in [-0.05, 0) is 87.5 Å². The lowest BCUT2D eigenvalue weighted by Crippen LogP contribution is -2.18. The van der Waals surface area contributed by atoms with Gasteiger partial charge in [-0.2, -0.15) is 0 Å². The Hall–Kier alpha value is -4.87. The molecule has 0 fully saturated rings. The molecule has 0 amide bonds. The summed E-state index contributed by atoms with van der Waals surface area (Å²) in [5, 5.41) is 7.12. The summed E-state index contributed by atoms with van der Waals surface area (Å²) in [6, 6.07) is 28.2. The normalized spacial score (nSPS) is 15.6. The maximum atomic E-state index is 4.79. The molecule has 5 aromatic rings. The molecule has 5 heteroatoms. The van der Waals surface area contributed by atoms with Crippen molar-refractivity contribution in [1.82, 2.24) is 9.29 Å². The Balaban J connectivity index is 1.17. The van der Waals surface area contributed by atoms with Crippen LogP contribution in [0.3, 0.4) is 0 Å². The molecular formula is C35H24N4S. The summed E-state index contributed by atoms with van der Waals surface area (Å²) in [6.45, 7) is 5.01. The van der Waals surface area contributed by atoms with Gasteiger partial charge in [-0.15, -0.1) is 0 Å². The van der Waals surface area contributed by atoms with E-state index in [4.69, 9.17) is 4.99 Å². The molecule has 8 rings (SSSR count). The predicted molar refractivity (Wildman–Crippen MR) is 170 cm³/mol. The van der Waals surface area contributed by atoms with Crippen LogP contribution in [0.5, 0.6) is 0 Å². The maximum Gasteiger partial charge on any atom is 0.143 e. The fourth-order valence-corrected chi connectivity index (χ4v) is 6.65. The zero-order valence-corrected chi connectivity index (χ0v) is 22.5. The van der Waals surface area contributed by atoms with Gasteiger partial charge in [0.2, 0.25) is 0 Å². The van der Waals surface area contributed by atoms with E-state index in [1.807, 2.05) is 18.3 Å². The maximum absolute atomic E-state index is 4.79. The van der Waals surface area contributed by atoms with Gasteiger partial charge < -0.3 is 5.32 Å². The SMILES string of the molecule is C=C1N=C2C=CC(c3ccc4cc(-c5cc6cccnc6c6c5C=CCN6)ccc4c3)=CN2Sc2ccccc21. The molecule has 4 aromatic carbocycles. The molecule has 0 aliphatic carbocycles. The minimum absolute atomic E-state index is 0.791. The molecule has 0 saturated heterocycles. The van der Waals surface area contributed by atoms with Crippen molar-refractivity contribution in [3.05, 3.63) is 133 Å². The molecule has 3 aliphatic heterocycles. The van der Waals surface area contributed by atoms with E-state index in [-0.39, 0.29) is 0 Å². The topological polar surface area (TPSA) is 40.5 Å². The molecule has 40 heavy (non-hydrogen) atoms. The summed E-state index contributed by atoms with van der Waals surface area (Å²) in [5.41, 5.74) is 9.94. The number of rotatable bonds is 2. The van der Waals surface area contributed by atoms with E-state index in [2.05, 4.69) is 118 Å². The number of pyridine rings is 1. The van der Waals surface area contributed by atoms with E-state index in [0.717, 1.165) is 50.7 Å². The molecule has 0 bridgehead atoms. The van der Waals surface area contributed by atoms with Crippen LogP contribution in [0, 0.1) is 0 Å². The summed E-state index contributed by atoms with van der Waals surface area (Å²) < 4.78 is 2.14. The fraction of sp³-hybridized carbons (Fsp3) is 0.0286. The first-order valence-corrected chi connectivity index (χ1v) is 14.1. The van der Waals surface area contributed by atoms with Crippen LogP contribution in [0.15, 0.2) is 126 Å². The molecule has 0 atom stereocenters. The van der Waals surface area contributed by atoms with Crippen LogP contribution in [0.1, 0.15) is 16.7 Å². The summed E-state index contributed by atoms with van der Waals surface area (Å²) in [7, 11) is 0.